The zero-order chi connectivity index (χ0) is 18.2. The van der Waals surface area contributed by atoms with Gasteiger partial charge in [-0.25, -0.2) is 4.57 Å². The number of nitrogens with zero attached hydrogens (tertiary/aromatic N) is 2. The lowest BCUT2D eigenvalue weighted by molar-refractivity contribution is -0.696. The lowest BCUT2D eigenvalue weighted by atomic mass is 10.1. The molecule has 26 heavy (non-hydrogen) atoms. The molecule has 0 spiro atoms. The number of methoxy groups -OCH3 is 2. The van der Waals surface area contributed by atoms with Crippen molar-refractivity contribution < 1.29 is 14.0 Å². The van der Waals surface area contributed by atoms with Crippen molar-refractivity contribution in [1.29, 1.82) is 0 Å². The van der Waals surface area contributed by atoms with E-state index in [0.717, 1.165) is 30.2 Å². The van der Waals surface area contributed by atoms with Gasteiger partial charge in [-0.1, -0.05) is 18.6 Å². The van der Waals surface area contributed by atoms with E-state index in [2.05, 4.69) is 46.1 Å². The summed E-state index contributed by atoms with van der Waals surface area (Å²) in [6.07, 6.45) is 12.6. The maximum Gasteiger partial charge on any atom is 0.169 e. The van der Waals surface area contributed by atoms with Gasteiger partial charge in [0, 0.05) is 17.7 Å². The van der Waals surface area contributed by atoms with Crippen LogP contribution in [0.1, 0.15) is 30.4 Å². The predicted octanol–water partition coefficient (Wildman–Crippen LogP) is 3.65. The molecule has 0 atom stereocenters. The van der Waals surface area contributed by atoms with Gasteiger partial charge in [-0.2, -0.15) is 0 Å². The molecule has 138 valence electrons. The van der Waals surface area contributed by atoms with Crippen LogP contribution in [0, 0.1) is 0 Å². The summed E-state index contributed by atoms with van der Waals surface area (Å²) in [6.45, 7) is 4.70. The van der Waals surface area contributed by atoms with Crippen molar-refractivity contribution in [2.75, 3.05) is 33.9 Å². The first-order valence-electron chi connectivity index (χ1n) is 9.40. The standard InChI is InChI=1S/C22H29N2O2/c1-25-21-8-9-22(26-2)20(18-21)7-6-19-10-14-24(15-11-19)17-16-23-12-4-3-5-13-23/h6-11,14-15,18H,3-5,12-13,16-17H2,1-2H3/q+1. The lowest BCUT2D eigenvalue weighted by Gasteiger charge is -2.24. The van der Waals surface area contributed by atoms with Crippen molar-refractivity contribution in [3.05, 3.63) is 53.9 Å². The van der Waals surface area contributed by atoms with Crippen LogP contribution in [0.2, 0.25) is 0 Å². The van der Waals surface area contributed by atoms with Gasteiger partial charge < -0.3 is 9.47 Å². The van der Waals surface area contributed by atoms with Crippen LogP contribution in [0.5, 0.6) is 11.5 Å². The molecule has 1 saturated heterocycles. The van der Waals surface area contributed by atoms with Crippen molar-refractivity contribution >= 4 is 12.2 Å². The first-order chi connectivity index (χ1) is 12.8. The Morgan fingerprint density at radius 1 is 0.962 bits per heavy atom. The van der Waals surface area contributed by atoms with E-state index in [1.54, 1.807) is 14.2 Å². The SMILES string of the molecule is COc1ccc(OC)c(C=Cc2cc[n+](CCN3CCCCC3)cc2)c1. The van der Waals surface area contributed by atoms with E-state index in [9.17, 15) is 0 Å². The normalized spacial score (nSPS) is 15.3. The fourth-order valence-electron chi connectivity index (χ4n) is 3.32. The highest BCUT2D eigenvalue weighted by atomic mass is 16.5. The van der Waals surface area contributed by atoms with E-state index in [1.165, 1.54) is 37.9 Å². The average Bonchev–Trinajstić information content (AvgIpc) is 2.72. The molecule has 1 fully saturated rings. The number of hydrogen-bond acceptors (Lipinski definition) is 3. The van der Waals surface area contributed by atoms with Gasteiger partial charge in [-0.15, -0.1) is 0 Å². The minimum atomic E-state index is 0.828. The number of rotatable bonds is 7. The molecule has 0 bridgehead atoms. The maximum atomic E-state index is 5.43. The van der Waals surface area contributed by atoms with Crippen molar-refractivity contribution in [3.63, 3.8) is 0 Å². The molecule has 0 aliphatic carbocycles. The van der Waals surface area contributed by atoms with Gasteiger partial charge in [0.15, 0.2) is 18.9 Å². The van der Waals surface area contributed by atoms with E-state index in [4.69, 9.17) is 9.47 Å². The molecule has 0 saturated carbocycles. The third-order valence-corrected chi connectivity index (χ3v) is 4.93. The van der Waals surface area contributed by atoms with Crippen LogP contribution in [0.15, 0.2) is 42.7 Å². The van der Waals surface area contributed by atoms with Crippen molar-refractivity contribution in [3.8, 4) is 11.5 Å². The van der Waals surface area contributed by atoms with E-state index in [0.29, 0.717) is 0 Å². The Morgan fingerprint density at radius 2 is 1.73 bits per heavy atom. The monoisotopic (exact) mass is 353 g/mol. The van der Waals surface area contributed by atoms with Crippen LogP contribution in [0.4, 0.5) is 0 Å². The number of likely N-dealkylation sites (tertiary alicyclic amines) is 1. The molecular formula is C22H29N2O2+. The smallest absolute Gasteiger partial charge is 0.169 e. The number of ether oxygens (including phenoxy) is 2. The molecule has 0 unspecified atom stereocenters. The summed E-state index contributed by atoms with van der Waals surface area (Å²) in [6, 6.07) is 10.1. The summed E-state index contributed by atoms with van der Waals surface area (Å²) >= 11 is 0. The van der Waals surface area contributed by atoms with Crippen LogP contribution in [0.25, 0.3) is 12.2 Å². The zero-order valence-electron chi connectivity index (χ0n) is 15.9. The molecule has 0 amide bonds. The molecule has 4 heteroatoms. The molecule has 1 aromatic heterocycles. The minimum Gasteiger partial charge on any atom is -0.497 e. The largest absolute Gasteiger partial charge is 0.497 e. The maximum absolute atomic E-state index is 5.43. The Balaban J connectivity index is 1.61. The van der Waals surface area contributed by atoms with E-state index < -0.39 is 0 Å². The van der Waals surface area contributed by atoms with Gasteiger partial charge in [0.05, 0.1) is 20.8 Å². The average molecular weight is 353 g/mol. The number of benzene rings is 1. The summed E-state index contributed by atoms with van der Waals surface area (Å²) < 4.78 is 13.0. The van der Waals surface area contributed by atoms with Crippen LogP contribution in [0.3, 0.4) is 0 Å². The first kappa shape index (κ1) is 18.5. The first-order valence-corrected chi connectivity index (χ1v) is 9.40. The van der Waals surface area contributed by atoms with Gasteiger partial charge in [-0.05, 0) is 49.7 Å². The zero-order valence-corrected chi connectivity index (χ0v) is 15.9. The third kappa shape index (κ3) is 5.09. The summed E-state index contributed by atoms with van der Waals surface area (Å²) in [7, 11) is 3.36. The van der Waals surface area contributed by atoms with Crippen molar-refractivity contribution in [2.24, 2.45) is 0 Å². The van der Waals surface area contributed by atoms with Crippen molar-refractivity contribution in [2.45, 2.75) is 25.8 Å². The second kappa shape index (κ2) is 9.39. The Kier molecular flexibility index (Phi) is 6.67. The highest BCUT2D eigenvalue weighted by molar-refractivity contribution is 5.73. The summed E-state index contributed by atoms with van der Waals surface area (Å²) in [5, 5.41) is 0. The molecular weight excluding hydrogens is 324 g/mol. The molecule has 2 aromatic rings. The molecule has 3 rings (SSSR count). The van der Waals surface area contributed by atoms with Gasteiger partial charge in [0.25, 0.3) is 0 Å². The number of pyridine rings is 1. The Morgan fingerprint density at radius 3 is 2.42 bits per heavy atom. The fourth-order valence-corrected chi connectivity index (χ4v) is 3.32. The third-order valence-electron chi connectivity index (χ3n) is 4.93. The number of piperidine rings is 1. The van der Waals surface area contributed by atoms with Gasteiger partial charge in [0.1, 0.15) is 11.5 Å². The van der Waals surface area contributed by atoms with Gasteiger partial charge in [-0.3, -0.25) is 4.90 Å². The molecule has 1 aromatic carbocycles. The molecule has 0 radical (unpaired) electrons. The van der Waals surface area contributed by atoms with Crippen LogP contribution < -0.4 is 14.0 Å². The predicted molar refractivity (Wildman–Crippen MR) is 105 cm³/mol. The van der Waals surface area contributed by atoms with E-state index >= 15 is 0 Å². The lowest BCUT2D eigenvalue weighted by Crippen LogP contribution is -2.41. The van der Waals surface area contributed by atoms with Crippen LogP contribution >= 0.6 is 0 Å². The highest BCUT2D eigenvalue weighted by Gasteiger charge is 2.11. The molecule has 4 nitrogen and oxygen atoms in total. The quantitative estimate of drug-likeness (QED) is 0.711. The van der Waals surface area contributed by atoms with Gasteiger partial charge >= 0.3 is 0 Å². The molecule has 1 aliphatic heterocycles. The van der Waals surface area contributed by atoms with Crippen molar-refractivity contribution in [1.82, 2.24) is 4.90 Å². The molecule has 0 N–H and O–H groups in total. The number of hydrogen-bond donors (Lipinski definition) is 0. The second-order valence-electron chi connectivity index (χ2n) is 6.71. The fraction of sp³-hybridized carbons (Fsp3) is 0.409. The van der Waals surface area contributed by atoms with E-state index in [1.807, 2.05) is 18.2 Å². The summed E-state index contributed by atoms with van der Waals surface area (Å²) in [5.41, 5.74) is 2.18. The van der Waals surface area contributed by atoms with Crippen LogP contribution in [-0.4, -0.2) is 38.8 Å². The Bertz CT molecular complexity index is 719. The molecule has 1 aliphatic rings. The highest BCUT2D eigenvalue weighted by Crippen LogP contribution is 2.25. The minimum absolute atomic E-state index is 0.828. The Labute approximate surface area is 156 Å². The summed E-state index contributed by atoms with van der Waals surface area (Å²) in [4.78, 5) is 2.57. The van der Waals surface area contributed by atoms with Gasteiger partial charge in [0.2, 0.25) is 0 Å². The van der Waals surface area contributed by atoms with E-state index in [-0.39, 0.29) is 0 Å². The van der Waals surface area contributed by atoms with Crippen LogP contribution in [-0.2, 0) is 6.54 Å². The topological polar surface area (TPSA) is 25.6 Å². The Hall–Kier alpha value is -2.33. The second-order valence-corrected chi connectivity index (χ2v) is 6.71. The molecule has 2 heterocycles. The number of aromatic nitrogens is 1. The summed E-state index contributed by atoms with van der Waals surface area (Å²) in [5.74, 6) is 1.67.